The van der Waals surface area contributed by atoms with Crippen LogP contribution in [0.15, 0.2) is 22.4 Å². The lowest BCUT2D eigenvalue weighted by Gasteiger charge is -2.34. The van der Waals surface area contributed by atoms with Crippen molar-refractivity contribution >= 4 is 38.9 Å². The third kappa shape index (κ3) is 5.22. The second-order valence-corrected chi connectivity index (χ2v) is 10.0. The number of carbonyl (C=O) groups excluding carboxylic acids is 1. The number of carbonyl (C=O) groups is 1. The minimum Gasteiger partial charge on any atom is -0.370 e. The molecule has 2 N–H and O–H groups in total. The van der Waals surface area contributed by atoms with Gasteiger partial charge in [0.1, 0.15) is 21.7 Å². The topological polar surface area (TPSA) is 108 Å². The van der Waals surface area contributed by atoms with Gasteiger partial charge in [0.15, 0.2) is 0 Å². The summed E-state index contributed by atoms with van der Waals surface area (Å²) >= 11 is 1.20. The molecule has 2 aromatic rings. The summed E-state index contributed by atoms with van der Waals surface area (Å²) in [5.41, 5.74) is 0. The van der Waals surface area contributed by atoms with Crippen LogP contribution in [-0.4, -0.2) is 61.3 Å². The van der Waals surface area contributed by atoms with E-state index in [1.54, 1.807) is 12.1 Å². The summed E-state index contributed by atoms with van der Waals surface area (Å²) in [6, 6.07) is 5.25. The van der Waals surface area contributed by atoms with E-state index in [-0.39, 0.29) is 5.91 Å². The quantitative estimate of drug-likeness (QED) is 0.673. The number of aryl methyl sites for hydroxylation is 1. The van der Waals surface area contributed by atoms with Gasteiger partial charge in [0.05, 0.1) is 6.54 Å². The number of rotatable bonds is 7. The van der Waals surface area contributed by atoms with Gasteiger partial charge in [0.25, 0.3) is 10.0 Å². The summed E-state index contributed by atoms with van der Waals surface area (Å²) in [5, 5.41) is 5.88. The van der Waals surface area contributed by atoms with Gasteiger partial charge in [-0.3, -0.25) is 4.79 Å². The van der Waals surface area contributed by atoms with Crippen LogP contribution in [0.3, 0.4) is 0 Å². The highest BCUT2D eigenvalue weighted by Gasteiger charge is 2.30. The molecule has 3 heterocycles. The molecule has 11 heteroatoms. The Morgan fingerprint density at radius 2 is 1.93 bits per heavy atom. The summed E-state index contributed by atoms with van der Waals surface area (Å²) in [4.78, 5) is 22.8. The number of anilines is 2. The van der Waals surface area contributed by atoms with Crippen molar-refractivity contribution in [3.8, 4) is 0 Å². The summed E-state index contributed by atoms with van der Waals surface area (Å²) in [6.07, 6.45) is 0. The van der Waals surface area contributed by atoms with E-state index in [1.165, 1.54) is 22.6 Å². The highest BCUT2D eigenvalue weighted by Crippen LogP contribution is 2.27. The zero-order valence-corrected chi connectivity index (χ0v) is 18.4. The van der Waals surface area contributed by atoms with E-state index in [2.05, 4.69) is 25.5 Å². The fraction of sp³-hybridized carbons (Fsp3) is 0.500. The Kier molecular flexibility index (Phi) is 6.70. The van der Waals surface area contributed by atoms with Crippen LogP contribution < -0.4 is 15.5 Å². The Morgan fingerprint density at radius 1 is 1.21 bits per heavy atom. The van der Waals surface area contributed by atoms with Crippen LogP contribution >= 0.6 is 11.3 Å². The number of hydrogen-bond donors (Lipinski definition) is 2. The third-order valence-corrected chi connectivity index (χ3v) is 7.94. The van der Waals surface area contributed by atoms with E-state index in [1.807, 2.05) is 19.9 Å². The van der Waals surface area contributed by atoms with Gasteiger partial charge in [-0.25, -0.2) is 18.4 Å². The number of amides is 1. The average molecular weight is 439 g/mol. The van der Waals surface area contributed by atoms with Gasteiger partial charge in [-0.2, -0.15) is 4.31 Å². The Labute approximate surface area is 175 Å². The summed E-state index contributed by atoms with van der Waals surface area (Å²) in [5.74, 6) is 2.12. The molecule has 1 aliphatic rings. The van der Waals surface area contributed by atoms with Gasteiger partial charge >= 0.3 is 0 Å². The molecule has 1 fully saturated rings. The Bertz CT molecular complexity index is 968. The maximum absolute atomic E-state index is 13.0. The standard InChI is InChI=1S/C18H26N6O3S2/c1-4-19-16-11-17(22-13(2)21-16)23-7-9-24(10-8-23)29(26,27)18-6-5-15(28-18)12-20-14(3)25/h5-6,11H,4,7-10,12H2,1-3H3,(H,20,25)(H,19,21,22). The van der Waals surface area contributed by atoms with Gasteiger partial charge < -0.3 is 15.5 Å². The maximum atomic E-state index is 13.0. The molecule has 0 radical (unpaired) electrons. The van der Waals surface area contributed by atoms with Crippen molar-refractivity contribution in [3.63, 3.8) is 0 Å². The van der Waals surface area contributed by atoms with Crippen LogP contribution in [0.4, 0.5) is 11.6 Å². The Morgan fingerprint density at radius 3 is 2.59 bits per heavy atom. The number of hydrogen-bond acceptors (Lipinski definition) is 8. The van der Waals surface area contributed by atoms with Crippen molar-refractivity contribution in [2.45, 2.75) is 31.5 Å². The molecule has 1 aliphatic heterocycles. The number of sulfonamides is 1. The highest BCUT2D eigenvalue weighted by molar-refractivity contribution is 7.91. The lowest BCUT2D eigenvalue weighted by Crippen LogP contribution is -2.48. The molecule has 158 valence electrons. The lowest BCUT2D eigenvalue weighted by atomic mass is 10.3. The lowest BCUT2D eigenvalue weighted by molar-refractivity contribution is -0.119. The fourth-order valence-electron chi connectivity index (χ4n) is 3.07. The molecule has 0 spiro atoms. The normalized spacial score (nSPS) is 15.3. The van der Waals surface area contributed by atoms with Crippen molar-refractivity contribution < 1.29 is 13.2 Å². The zero-order valence-electron chi connectivity index (χ0n) is 16.8. The second-order valence-electron chi connectivity index (χ2n) is 6.71. The van der Waals surface area contributed by atoms with Crippen molar-refractivity contribution in [2.75, 3.05) is 42.9 Å². The molecule has 2 aromatic heterocycles. The summed E-state index contributed by atoms with van der Waals surface area (Å²) in [7, 11) is -3.54. The first-order chi connectivity index (χ1) is 13.8. The predicted molar refractivity (Wildman–Crippen MR) is 114 cm³/mol. The molecule has 1 amide bonds. The Hall–Kier alpha value is -2.24. The number of nitrogens with zero attached hydrogens (tertiary/aromatic N) is 4. The number of thiophene rings is 1. The Balaban J connectivity index is 1.66. The van der Waals surface area contributed by atoms with Crippen LogP contribution in [0.25, 0.3) is 0 Å². The summed E-state index contributed by atoms with van der Waals surface area (Å²) in [6.45, 7) is 8.30. The van der Waals surface area contributed by atoms with Gasteiger partial charge in [0.2, 0.25) is 5.91 Å². The van der Waals surface area contributed by atoms with E-state index in [4.69, 9.17) is 0 Å². The number of piperazine rings is 1. The van der Waals surface area contributed by atoms with Crippen molar-refractivity contribution in [3.05, 3.63) is 28.9 Å². The monoisotopic (exact) mass is 438 g/mol. The van der Waals surface area contributed by atoms with Gasteiger partial charge in [0, 0.05) is 50.6 Å². The summed E-state index contributed by atoms with van der Waals surface area (Å²) < 4.78 is 27.8. The minimum atomic E-state index is -3.54. The number of aromatic nitrogens is 2. The van der Waals surface area contributed by atoms with E-state index >= 15 is 0 Å². The van der Waals surface area contributed by atoms with E-state index in [0.717, 1.165) is 23.1 Å². The van der Waals surface area contributed by atoms with Crippen molar-refractivity contribution in [2.24, 2.45) is 0 Å². The molecule has 0 aliphatic carbocycles. The van der Waals surface area contributed by atoms with E-state index in [0.29, 0.717) is 42.8 Å². The van der Waals surface area contributed by atoms with E-state index in [9.17, 15) is 13.2 Å². The third-order valence-electron chi connectivity index (χ3n) is 4.49. The molecule has 0 saturated carbocycles. The van der Waals surface area contributed by atoms with Crippen LogP contribution in [-0.2, 0) is 21.4 Å². The molecular weight excluding hydrogens is 412 g/mol. The molecule has 3 rings (SSSR count). The number of nitrogens with one attached hydrogen (secondary N) is 2. The van der Waals surface area contributed by atoms with Crippen LogP contribution in [0.1, 0.15) is 24.5 Å². The van der Waals surface area contributed by atoms with Crippen LogP contribution in [0.2, 0.25) is 0 Å². The van der Waals surface area contributed by atoms with E-state index < -0.39 is 10.0 Å². The van der Waals surface area contributed by atoms with Crippen molar-refractivity contribution in [1.82, 2.24) is 19.6 Å². The first-order valence-corrected chi connectivity index (χ1v) is 11.7. The predicted octanol–water partition coefficient (Wildman–Crippen LogP) is 1.43. The van der Waals surface area contributed by atoms with Gasteiger partial charge in [-0.1, -0.05) is 0 Å². The molecule has 1 saturated heterocycles. The first kappa shape index (κ1) is 21.5. The maximum Gasteiger partial charge on any atom is 0.252 e. The molecule has 0 atom stereocenters. The SMILES string of the molecule is CCNc1cc(N2CCN(S(=O)(=O)c3ccc(CNC(C)=O)s3)CC2)nc(C)n1. The molecule has 29 heavy (non-hydrogen) atoms. The second kappa shape index (κ2) is 9.06. The molecule has 0 bridgehead atoms. The molecule has 0 unspecified atom stereocenters. The molecule has 0 aromatic carbocycles. The highest BCUT2D eigenvalue weighted by atomic mass is 32.2. The van der Waals surface area contributed by atoms with Gasteiger partial charge in [-0.05, 0) is 26.0 Å². The average Bonchev–Trinajstić information content (AvgIpc) is 3.16. The van der Waals surface area contributed by atoms with Gasteiger partial charge in [-0.15, -0.1) is 11.3 Å². The van der Waals surface area contributed by atoms with Crippen LogP contribution in [0.5, 0.6) is 0 Å². The van der Waals surface area contributed by atoms with Crippen LogP contribution in [0, 0.1) is 6.92 Å². The minimum absolute atomic E-state index is 0.142. The largest absolute Gasteiger partial charge is 0.370 e. The molecular formula is C18H26N6O3S2. The fourth-order valence-corrected chi connectivity index (χ4v) is 5.95. The smallest absolute Gasteiger partial charge is 0.252 e. The molecule has 9 nitrogen and oxygen atoms in total. The zero-order chi connectivity index (χ0) is 21.0. The van der Waals surface area contributed by atoms with Crippen molar-refractivity contribution in [1.29, 1.82) is 0 Å². The first-order valence-electron chi connectivity index (χ1n) is 9.47.